The highest BCUT2D eigenvalue weighted by atomic mass is 32.2. The molecule has 7 heteroatoms. The molecule has 16 heavy (non-hydrogen) atoms. The van der Waals surface area contributed by atoms with E-state index in [2.05, 4.69) is 23.2 Å². The largest absolute Gasteiger partial charge is 0.392 e. The predicted molar refractivity (Wildman–Crippen MR) is 75.4 cm³/mol. The molecule has 0 saturated heterocycles. The van der Waals surface area contributed by atoms with Crippen LogP contribution in [0.25, 0.3) is 0 Å². The van der Waals surface area contributed by atoms with E-state index in [1.165, 1.54) is 6.92 Å². The van der Waals surface area contributed by atoms with Crippen LogP contribution in [0.1, 0.15) is 26.2 Å². The Morgan fingerprint density at radius 3 is 2.56 bits per heavy atom. The first kappa shape index (κ1) is 16.1. The molecule has 0 amide bonds. The van der Waals surface area contributed by atoms with Crippen LogP contribution < -0.4 is 10.5 Å². The van der Waals surface area contributed by atoms with E-state index in [4.69, 9.17) is 5.73 Å². The van der Waals surface area contributed by atoms with Gasteiger partial charge < -0.3 is 5.73 Å². The third-order valence-corrected chi connectivity index (χ3v) is 5.19. The summed E-state index contributed by atoms with van der Waals surface area (Å²) >= 11 is 6.46. The van der Waals surface area contributed by atoms with Gasteiger partial charge in [0.05, 0.1) is 4.99 Å². The first-order valence-corrected chi connectivity index (χ1v) is 8.53. The SMILES string of the molecule is CSCCCCCNS(=O)(=O)C(C)C(N)=S. The van der Waals surface area contributed by atoms with Crippen LogP contribution in [0.3, 0.4) is 0 Å². The van der Waals surface area contributed by atoms with Crippen LogP contribution in [0.5, 0.6) is 0 Å². The highest BCUT2D eigenvalue weighted by Gasteiger charge is 2.22. The second-order valence-electron chi connectivity index (χ2n) is 3.54. The zero-order chi connectivity index (χ0) is 12.6. The standard InChI is InChI=1S/C9H20N2O2S3/c1-8(9(10)14)16(12,13)11-6-4-3-5-7-15-2/h8,11H,3-7H2,1-2H3,(H2,10,14). The maximum atomic E-state index is 11.6. The van der Waals surface area contributed by atoms with Crippen molar-refractivity contribution >= 4 is 39.0 Å². The average Bonchev–Trinajstić information content (AvgIpc) is 2.22. The number of unbranched alkanes of at least 4 members (excludes halogenated alkanes) is 2. The summed E-state index contributed by atoms with van der Waals surface area (Å²) in [4.78, 5) is 0.00915. The van der Waals surface area contributed by atoms with Gasteiger partial charge in [0.15, 0.2) is 0 Å². The second kappa shape index (κ2) is 8.27. The van der Waals surface area contributed by atoms with Gasteiger partial charge in [-0.05, 0) is 31.8 Å². The van der Waals surface area contributed by atoms with Gasteiger partial charge in [-0.2, -0.15) is 11.8 Å². The summed E-state index contributed by atoms with van der Waals surface area (Å²) in [6.07, 6.45) is 5.06. The monoisotopic (exact) mass is 284 g/mol. The molecule has 1 unspecified atom stereocenters. The van der Waals surface area contributed by atoms with Crippen molar-refractivity contribution in [1.29, 1.82) is 0 Å². The van der Waals surface area contributed by atoms with Crippen molar-refractivity contribution in [2.24, 2.45) is 5.73 Å². The number of hydrogen-bond acceptors (Lipinski definition) is 4. The lowest BCUT2D eigenvalue weighted by atomic mass is 10.2. The maximum Gasteiger partial charge on any atom is 0.220 e. The minimum Gasteiger partial charge on any atom is -0.392 e. The molecule has 0 aliphatic carbocycles. The molecule has 0 rings (SSSR count). The van der Waals surface area contributed by atoms with Crippen molar-refractivity contribution in [2.45, 2.75) is 31.4 Å². The second-order valence-corrected chi connectivity index (χ2v) is 7.08. The van der Waals surface area contributed by atoms with Gasteiger partial charge in [0.25, 0.3) is 0 Å². The van der Waals surface area contributed by atoms with E-state index in [-0.39, 0.29) is 4.99 Å². The molecular formula is C9H20N2O2S3. The molecule has 0 aliphatic rings. The molecule has 1 atom stereocenters. The third-order valence-electron chi connectivity index (χ3n) is 2.19. The van der Waals surface area contributed by atoms with Gasteiger partial charge in [0.2, 0.25) is 10.0 Å². The number of nitrogens with two attached hydrogens (primary N) is 1. The van der Waals surface area contributed by atoms with E-state index in [1.807, 2.05) is 0 Å². The van der Waals surface area contributed by atoms with E-state index >= 15 is 0 Å². The summed E-state index contributed by atoms with van der Waals surface area (Å²) in [7, 11) is -3.37. The zero-order valence-corrected chi connectivity index (χ0v) is 12.2. The van der Waals surface area contributed by atoms with Gasteiger partial charge in [0.1, 0.15) is 5.25 Å². The van der Waals surface area contributed by atoms with Gasteiger partial charge in [-0.3, -0.25) is 0 Å². The van der Waals surface area contributed by atoms with E-state index in [0.29, 0.717) is 6.54 Å². The fourth-order valence-corrected chi connectivity index (χ4v) is 2.90. The normalized spacial score (nSPS) is 13.6. The molecule has 4 nitrogen and oxygen atoms in total. The van der Waals surface area contributed by atoms with Crippen molar-refractivity contribution in [3.8, 4) is 0 Å². The fourth-order valence-electron chi connectivity index (χ4n) is 1.04. The van der Waals surface area contributed by atoms with E-state index in [1.54, 1.807) is 11.8 Å². The highest BCUT2D eigenvalue weighted by molar-refractivity contribution is 7.98. The van der Waals surface area contributed by atoms with Crippen LogP contribution in [0, 0.1) is 0 Å². The lowest BCUT2D eigenvalue weighted by Crippen LogP contribution is -2.40. The molecular weight excluding hydrogens is 264 g/mol. The van der Waals surface area contributed by atoms with Crippen LogP contribution in [0.4, 0.5) is 0 Å². The van der Waals surface area contributed by atoms with Gasteiger partial charge in [-0.15, -0.1) is 0 Å². The quantitative estimate of drug-likeness (QED) is 0.490. The van der Waals surface area contributed by atoms with Gasteiger partial charge >= 0.3 is 0 Å². The van der Waals surface area contributed by atoms with Crippen LogP contribution in [-0.2, 0) is 10.0 Å². The van der Waals surface area contributed by atoms with Crippen molar-refractivity contribution in [2.75, 3.05) is 18.6 Å². The summed E-state index contributed by atoms with van der Waals surface area (Å²) in [5.74, 6) is 1.12. The van der Waals surface area contributed by atoms with Crippen molar-refractivity contribution in [3.63, 3.8) is 0 Å². The molecule has 96 valence electrons. The predicted octanol–water partition coefficient (Wildman–Crippen LogP) is 1.11. The Hall–Kier alpha value is 0.150. The molecule has 0 aliphatic heterocycles. The summed E-state index contributed by atoms with van der Waals surface area (Å²) < 4.78 is 25.7. The highest BCUT2D eigenvalue weighted by Crippen LogP contribution is 2.03. The number of thiocarbonyl (C=S) groups is 1. The number of nitrogens with one attached hydrogen (secondary N) is 1. The van der Waals surface area contributed by atoms with Crippen molar-refractivity contribution < 1.29 is 8.42 Å². The Morgan fingerprint density at radius 2 is 2.06 bits per heavy atom. The smallest absolute Gasteiger partial charge is 0.220 e. The molecule has 0 aromatic heterocycles. The molecule has 3 N–H and O–H groups in total. The van der Waals surface area contributed by atoms with Crippen LogP contribution in [0.15, 0.2) is 0 Å². The number of sulfonamides is 1. The summed E-state index contributed by atoms with van der Waals surface area (Å²) in [5, 5.41) is -0.798. The van der Waals surface area contributed by atoms with Crippen LogP contribution in [-0.4, -0.2) is 37.2 Å². The van der Waals surface area contributed by atoms with E-state index in [0.717, 1.165) is 25.0 Å². The van der Waals surface area contributed by atoms with Crippen LogP contribution >= 0.6 is 24.0 Å². The van der Waals surface area contributed by atoms with Crippen molar-refractivity contribution in [3.05, 3.63) is 0 Å². The molecule has 0 saturated carbocycles. The summed E-state index contributed by atoms with van der Waals surface area (Å²) in [6, 6.07) is 0. The first-order valence-electron chi connectivity index (χ1n) is 5.18. The van der Waals surface area contributed by atoms with Gasteiger partial charge in [-0.1, -0.05) is 18.6 Å². The maximum absolute atomic E-state index is 11.6. The Morgan fingerprint density at radius 1 is 1.44 bits per heavy atom. The molecule has 0 aromatic carbocycles. The lowest BCUT2D eigenvalue weighted by Gasteiger charge is -2.12. The van der Waals surface area contributed by atoms with Gasteiger partial charge in [0, 0.05) is 6.54 Å². The Labute approximate surface area is 108 Å². The lowest BCUT2D eigenvalue weighted by molar-refractivity contribution is 0.573. The minimum absolute atomic E-state index is 0.00915. The topological polar surface area (TPSA) is 72.2 Å². The van der Waals surface area contributed by atoms with Crippen molar-refractivity contribution in [1.82, 2.24) is 4.72 Å². The molecule has 0 aromatic rings. The molecule has 0 fully saturated rings. The fraction of sp³-hybridized carbons (Fsp3) is 0.889. The average molecular weight is 284 g/mol. The summed E-state index contributed by atoms with van der Waals surface area (Å²) in [5.41, 5.74) is 5.30. The van der Waals surface area contributed by atoms with E-state index in [9.17, 15) is 8.42 Å². The number of hydrogen-bond donors (Lipinski definition) is 2. The third kappa shape index (κ3) is 6.67. The molecule has 0 bridgehead atoms. The Balaban J connectivity index is 3.79. The summed E-state index contributed by atoms with van der Waals surface area (Å²) in [6.45, 7) is 1.96. The molecule has 0 spiro atoms. The van der Waals surface area contributed by atoms with Gasteiger partial charge in [-0.25, -0.2) is 13.1 Å². The first-order chi connectivity index (χ1) is 7.41. The minimum atomic E-state index is -3.37. The Bertz CT molecular complexity index is 304. The molecule has 0 heterocycles. The van der Waals surface area contributed by atoms with E-state index < -0.39 is 15.3 Å². The number of rotatable bonds is 9. The van der Waals surface area contributed by atoms with Crippen LogP contribution in [0.2, 0.25) is 0 Å². The Kier molecular flexibility index (Phi) is 8.35. The zero-order valence-electron chi connectivity index (χ0n) is 9.73. The number of thioether (sulfide) groups is 1. The molecule has 0 radical (unpaired) electrons.